The number of nitrogens with zero attached hydrogens (tertiary/aromatic N) is 2. The van der Waals surface area contributed by atoms with E-state index in [1.165, 1.54) is 30.0 Å². The standard InChI is InChI=1S/C25H31FN2O4/c1-17(29)18-8-7-13-27(16-18)22(30)14-25(20-11-5-6-12-21(20)26)15-23(31)28(24(25)32)19-9-3-2-4-10-19/h5-6,11-12,18-19H,2-4,7-10,13-16H2,1H3/t18-,25-/m1/s1. The Labute approximate surface area is 188 Å². The second kappa shape index (κ2) is 9.12. The molecule has 1 aromatic rings. The fourth-order valence-electron chi connectivity index (χ4n) is 5.67. The second-order valence-corrected chi connectivity index (χ2v) is 9.57. The van der Waals surface area contributed by atoms with Crippen molar-refractivity contribution < 1.29 is 23.6 Å². The third-order valence-electron chi connectivity index (χ3n) is 7.48. The van der Waals surface area contributed by atoms with Crippen molar-refractivity contribution in [1.29, 1.82) is 0 Å². The van der Waals surface area contributed by atoms with Crippen molar-refractivity contribution in [3.8, 4) is 0 Å². The van der Waals surface area contributed by atoms with E-state index in [1.54, 1.807) is 11.0 Å². The molecule has 2 heterocycles. The molecular weight excluding hydrogens is 411 g/mol. The number of benzene rings is 1. The summed E-state index contributed by atoms with van der Waals surface area (Å²) in [6.07, 6.45) is 5.49. The van der Waals surface area contributed by atoms with Crippen molar-refractivity contribution in [2.24, 2.45) is 5.92 Å². The summed E-state index contributed by atoms with van der Waals surface area (Å²) < 4.78 is 15.0. The van der Waals surface area contributed by atoms with Crippen LogP contribution in [0.4, 0.5) is 4.39 Å². The molecule has 7 heteroatoms. The van der Waals surface area contributed by atoms with Gasteiger partial charge in [0, 0.05) is 43.5 Å². The molecule has 1 saturated carbocycles. The van der Waals surface area contributed by atoms with Gasteiger partial charge in [-0.15, -0.1) is 0 Å². The Bertz CT molecular complexity index is 926. The summed E-state index contributed by atoms with van der Waals surface area (Å²) in [6.45, 7) is 2.35. The van der Waals surface area contributed by atoms with E-state index in [1.807, 2.05) is 0 Å². The number of carbonyl (C=O) groups is 4. The summed E-state index contributed by atoms with van der Waals surface area (Å²) in [5.74, 6) is -1.82. The molecule has 3 fully saturated rings. The summed E-state index contributed by atoms with van der Waals surface area (Å²) in [5.41, 5.74) is -1.41. The quantitative estimate of drug-likeness (QED) is 0.656. The lowest BCUT2D eigenvalue weighted by atomic mass is 9.75. The molecule has 1 aliphatic carbocycles. The van der Waals surface area contributed by atoms with Gasteiger partial charge in [-0.1, -0.05) is 37.5 Å². The zero-order chi connectivity index (χ0) is 22.9. The van der Waals surface area contributed by atoms with Crippen LogP contribution < -0.4 is 0 Å². The maximum atomic E-state index is 15.0. The summed E-state index contributed by atoms with van der Waals surface area (Å²) >= 11 is 0. The number of piperidine rings is 1. The molecule has 0 N–H and O–H groups in total. The monoisotopic (exact) mass is 442 g/mol. The number of imide groups is 1. The fourth-order valence-corrected chi connectivity index (χ4v) is 5.67. The Balaban J connectivity index is 1.66. The Morgan fingerprint density at radius 3 is 2.47 bits per heavy atom. The molecule has 172 valence electrons. The number of hydrogen-bond acceptors (Lipinski definition) is 4. The topological polar surface area (TPSA) is 74.8 Å². The first-order chi connectivity index (χ1) is 15.3. The molecule has 32 heavy (non-hydrogen) atoms. The van der Waals surface area contributed by atoms with Crippen molar-refractivity contribution in [3.63, 3.8) is 0 Å². The number of likely N-dealkylation sites (tertiary alicyclic amines) is 2. The molecule has 0 spiro atoms. The highest BCUT2D eigenvalue weighted by atomic mass is 19.1. The second-order valence-electron chi connectivity index (χ2n) is 9.57. The Kier molecular flexibility index (Phi) is 6.45. The van der Waals surface area contributed by atoms with Gasteiger partial charge in [0.15, 0.2) is 0 Å². The molecule has 2 atom stereocenters. The van der Waals surface area contributed by atoms with Gasteiger partial charge in [0.2, 0.25) is 17.7 Å². The first-order valence-corrected chi connectivity index (χ1v) is 11.7. The van der Waals surface area contributed by atoms with Gasteiger partial charge < -0.3 is 4.90 Å². The van der Waals surface area contributed by atoms with Crippen LogP contribution >= 0.6 is 0 Å². The van der Waals surface area contributed by atoms with E-state index >= 15 is 0 Å². The molecule has 1 aromatic carbocycles. The molecule has 0 unspecified atom stereocenters. The Morgan fingerprint density at radius 2 is 1.78 bits per heavy atom. The molecule has 2 saturated heterocycles. The molecule has 6 nitrogen and oxygen atoms in total. The van der Waals surface area contributed by atoms with Crippen molar-refractivity contribution in [2.75, 3.05) is 13.1 Å². The largest absolute Gasteiger partial charge is 0.342 e. The average molecular weight is 443 g/mol. The zero-order valence-corrected chi connectivity index (χ0v) is 18.6. The van der Waals surface area contributed by atoms with Gasteiger partial charge in [0.1, 0.15) is 11.6 Å². The van der Waals surface area contributed by atoms with Gasteiger partial charge in [-0.2, -0.15) is 0 Å². The summed E-state index contributed by atoms with van der Waals surface area (Å²) in [7, 11) is 0. The highest BCUT2D eigenvalue weighted by molar-refractivity contribution is 6.11. The van der Waals surface area contributed by atoms with Crippen molar-refractivity contribution in [2.45, 2.75) is 76.2 Å². The highest BCUT2D eigenvalue weighted by Gasteiger charge is 2.56. The first-order valence-electron chi connectivity index (χ1n) is 11.7. The van der Waals surface area contributed by atoms with Crippen LogP contribution in [0.15, 0.2) is 24.3 Å². The van der Waals surface area contributed by atoms with Crippen LogP contribution in [0.1, 0.15) is 70.3 Å². The van der Waals surface area contributed by atoms with Crippen molar-refractivity contribution in [1.82, 2.24) is 9.80 Å². The lowest BCUT2D eigenvalue weighted by Crippen LogP contribution is -2.49. The lowest BCUT2D eigenvalue weighted by Gasteiger charge is -2.36. The number of Topliss-reactive ketones (excluding diaryl/α,β-unsaturated/α-hetero) is 1. The third kappa shape index (κ3) is 4.09. The van der Waals surface area contributed by atoms with E-state index in [-0.39, 0.29) is 48.0 Å². The number of rotatable bonds is 5. The summed E-state index contributed by atoms with van der Waals surface area (Å²) in [6, 6.07) is 5.79. The maximum absolute atomic E-state index is 15.0. The highest BCUT2D eigenvalue weighted by Crippen LogP contribution is 2.44. The number of carbonyl (C=O) groups excluding carboxylic acids is 4. The normalized spacial score (nSPS) is 27.1. The van der Waals surface area contributed by atoms with E-state index in [0.29, 0.717) is 19.5 Å². The van der Waals surface area contributed by atoms with E-state index in [0.717, 1.165) is 38.5 Å². The predicted octanol–water partition coefficient (Wildman–Crippen LogP) is 3.37. The summed E-state index contributed by atoms with van der Waals surface area (Å²) in [5, 5.41) is 0. The van der Waals surface area contributed by atoms with Gasteiger partial charge in [0.25, 0.3) is 0 Å². The van der Waals surface area contributed by atoms with Crippen LogP contribution in [0.2, 0.25) is 0 Å². The average Bonchev–Trinajstić information content (AvgIpc) is 3.04. The molecule has 0 radical (unpaired) electrons. The molecule has 3 aliphatic rings. The van der Waals surface area contributed by atoms with Crippen LogP contribution in [0.3, 0.4) is 0 Å². The SMILES string of the molecule is CC(=O)[C@@H]1CCCN(C(=O)C[C@]2(c3ccccc3F)CC(=O)N(C3CCCCC3)C2=O)C1. The minimum atomic E-state index is -1.53. The van der Waals surface area contributed by atoms with Gasteiger partial charge >= 0.3 is 0 Å². The fraction of sp³-hybridized carbons (Fsp3) is 0.600. The first kappa shape index (κ1) is 22.6. The molecule has 0 aromatic heterocycles. The molecule has 4 rings (SSSR count). The minimum absolute atomic E-state index is 0.0434. The summed E-state index contributed by atoms with van der Waals surface area (Å²) in [4.78, 5) is 55.0. The zero-order valence-electron chi connectivity index (χ0n) is 18.6. The van der Waals surface area contributed by atoms with Crippen molar-refractivity contribution in [3.05, 3.63) is 35.6 Å². The minimum Gasteiger partial charge on any atom is -0.342 e. The van der Waals surface area contributed by atoms with Gasteiger partial charge in [-0.25, -0.2) is 4.39 Å². The van der Waals surface area contributed by atoms with Crippen LogP contribution in [-0.4, -0.2) is 52.4 Å². The van der Waals surface area contributed by atoms with Crippen LogP contribution in [0.25, 0.3) is 0 Å². The molecule has 3 amide bonds. The lowest BCUT2D eigenvalue weighted by molar-refractivity contribution is -0.146. The maximum Gasteiger partial charge on any atom is 0.241 e. The Hall–Kier alpha value is -2.57. The molecule has 2 aliphatic heterocycles. The van der Waals surface area contributed by atoms with E-state index in [2.05, 4.69) is 0 Å². The number of amides is 3. The molecule has 0 bridgehead atoms. The van der Waals surface area contributed by atoms with Gasteiger partial charge in [-0.05, 0) is 38.7 Å². The smallest absolute Gasteiger partial charge is 0.241 e. The third-order valence-corrected chi connectivity index (χ3v) is 7.48. The van der Waals surface area contributed by atoms with Crippen LogP contribution in [0, 0.1) is 11.7 Å². The van der Waals surface area contributed by atoms with E-state index in [9.17, 15) is 23.6 Å². The predicted molar refractivity (Wildman–Crippen MR) is 116 cm³/mol. The van der Waals surface area contributed by atoms with E-state index < -0.39 is 17.1 Å². The van der Waals surface area contributed by atoms with Gasteiger partial charge in [-0.3, -0.25) is 24.1 Å². The number of hydrogen-bond donors (Lipinski definition) is 0. The van der Waals surface area contributed by atoms with Crippen molar-refractivity contribution >= 4 is 23.5 Å². The van der Waals surface area contributed by atoms with Crippen LogP contribution in [-0.2, 0) is 24.6 Å². The number of halogens is 1. The Morgan fingerprint density at radius 1 is 1.06 bits per heavy atom. The van der Waals surface area contributed by atoms with Gasteiger partial charge in [0.05, 0.1) is 5.41 Å². The molecular formula is C25H31FN2O4. The number of ketones is 1. The van der Waals surface area contributed by atoms with Crippen LogP contribution in [0.5, 0.6) is 0 Å². The van der Waals surface area contributed by atoms with E-state index in [4.69, 9.17) is 0 Å².